The van der Waals surface area contributed by atoms with Crippen LogP contribution in [-0.2, 0) is 16.6 Å². The molecule has 1 saturated heterocycles. The smallest absolute Gasteiger partial charge is 0.262 e. The summed E-state index contributed by atoms with van der Waals surface area (Å²) in [6.45, 7) is 3.50. The van der Waals surface area contributed by atoms with Crippen LogP contribution in [0.2, 0.25) is 0 Å². The van der Waals surface area contributed by atoms with Crippen molar-refractivity contribution < 1.29 is 17.9 Å². The van der Waals surface area contributed by atoms with E-state index in [0.717, 1.165) is 37.4 Å². The highest BCUT2D eigenvalue weighted by Crippen LogP contribution is 2.31. The van der Waals surface area contributed by atoms with E-state index in [1.807, 2.05) is 36.4 Å². The number of hydrogen-bond donors (Lipinski definition) is 2. The molecule has 4 rings (SSSR count). The fourth-order valence-electron chi connectivity index (χ4n) is 4.05. The normalized spacial score (nSPS) is 13.8. The van der Waals surface area contributed by atoms with Gasteiger partial charge in [0.2, 0.25) is 0 Å². The van der Waals surface area contributed by atoms with E-state index in [1.54, 1.807) is 36.2 Å². The highest BCUT2D eigenvalue weighted by atomic mass is 32.2. The molecule has 0 spiro atoms. The molecule has 1 aliphatic heterocycles. The molecule has 1 aliphatic rings. The van der Waals surface area contributed by atoms with Crippen LogP contribution in [0.1, 0.15) is 15.9 Å². The lowest BCUT2D eigenvalue weighted by Gasteiger charge is -2.31. The number of nitrogens with zero attached hydrogens (tertiary/aromatic N) is 2. The number of anilines is 2. The van der Waals surface area contributed by atoms with E-state index in [2.05, 4.69) is 14.9 Å². The number of carbonyl (C=O) groups is 1. The number of sulfonamides is 1. The van der Waals surface area contributed by atoms with Gasteiger partial charge >= 0.3 is 0 Å². The summed E-state index contributed by atoms with van der Waals surface area (Å²) in [5.41, 5.74) is 2.53. The molecule has 0 unspecified atom stereocenters. The Morgan fingerprint density at radius 2 is 1.77 bits per heavy atom. The molecule has 35 heavy (non-hydrogen) atoms. The summed E-state index contributed by atoms with van der Waals surface area (Å²) in [5.74, 6) is 0.254. The maximum absolute atomic E-state index is 13.3. The number of benzene rings is 3. The van der Waals surface area contributed by atoms with Crippen LogP contribution in [-0.4, -0.2) is 59.6 Å². The summed E-state index contributed by atoms with van der Waals surface area (Å²) >= 11 is 0. The fraction of sp³-hybridized carbons (Fsp3) is 0.269. The molecule has 0 bridgehead atoms. The minimum Gasteiger partial charge on any atom is -0.497 e. The Morgan fingerprint density at radius 1 is 1.03 bits per heavy atom. The lowest BCUT2D eigenvalue weighted by molar-refractivity contribution is 0.0785. The zero-order valence-corrected chi connectivity index (χ0v) is 20.7. The van der Waals surface area contributed by atoms with Gasteiger partial charge in [0.25, 0.3) is 15.9 Å². The third-order valence-corrected chi connectivity index (χ3v) is 7.27. The molecule has 0 saturated carbocycles. The third-order valence-electron chi connectivity index (χ3n) is 5.91. The fourth-order valence-corrected chi connectivity index (χ4v) is 5.15. The van der Waals surface area contributed by atoms with Gasteiger partial charge in [-0.25, -0.2) is 8.42 Å². The molecule has 9 heteroatoms. The predicted octanol–water partition coefficient (Wildman–Crippen LogP) is 3.18. The molecular weight excluding hydrogens is 464 g/mol. The van der Waals surface area contributed by atoms with Gasteiger partial charge in [0.05, 0.1) is 23.4 Å². The average molecular weight is 495 g/mol. The van der Waals surface area contributed by atoms with Gasteiger partial charge in [-0.2, -0.15) is 0 Å². The lowest BCUT2D eigenvalue weighted by atomic mass is 10.1. The molecule has 0 aromatic heterocycles. The van der Waals surface area contributed by atoms with Crippen molar-refractivity contribution in [2.75, 3.05) is 50.0 Å². The molecule has 1 heterocycles. The Hall–Kier alpha value is -3.56. The minimum absolute atomic E-state index is 0.0843. The number of methoxy groups -OCH3 is 1. The summed E-state index contributed by atoms with van der Waals surface area (Å²) < 4.78 is 34.4. The number of rotatable bonds is 8. The Kier molecular flexibility index (Phi) is 7.57. The van der Waals surface area contributed by atoms with Crippen LogP contribution in [0, 0.1) is 0 Å². The van der Waals surface area contributed by atoms with Crippen molar-refractivity contribution in [3.8, 4) is 5.75 Å². The van der Waals surface area contributed by atoms with Crippen LogP contribution in [0.25, 0.3) is 0 Å². The molecule has 184 valence electrons. The number of nitrogens with one attached hydrogen (secondary N) is 2. The zero-order chi connectivity index (χ0) is 24.8. The second-order valence-electron chi connectivity index (χ2n) is 8.40. The van der Waals surface area contributed by atoms with E-state index >= 15 is 0 Å². The topological polar surface area (TPSA) is 91.0 Å². The lowest BCUT2D eigenvalue weighted by Crippen LogP contribution is -2.43. The highest BCUT2D eigenvalue weighted by Gasteiger charge is 2.22. The molecule has 1 fully saturated rings. The van der Waals surface area contributed by atoms with E-state index in [1.165, 1.54) is 19.2 Å². The van der Waals surface area contributed by atoms with Crippen molar-refractivity contribution >= 4 is 27.3 Å². The molecule has 3 aromatic rings. The van der Waals surface area contributed by atoms with Gasteiger partial charge in [-0.3, -0.25) is 9.52 Å². The first kappa shape index (κ1) is 24.6. The van der Waals surface area contributed by atoms with Gasteiger partial charge in [0, 0.05) is 51.4 Å². The van der Waals surface area contributed by atoms with Gasteiger partial charge in [-0.05, 0) is 35.9 Å². The van der Waals surface area contributed by atoms with Crippen molar-refractivity contribution in [3.05, 3.63) is 83.9 Å². The SMILES string of the molecule is COc1cccc(S(=O)(=O)Nc2cc(C(=O)N(C)Cc3ccccc3)ccc2N2CCNCC2)c1. The van der Waals surface area contributed by atoms with E-state index in [9.17, 15) is 13.2 Å². The molecule has 1 amide bonds. The summed E-state index contributed by atoms with van der Waals surface area (Å²) in [7, 11) is -0.691. The number of ether oxygens (including phenoxy) is 1. The van der Waals surface area contributed by atoms with Crippen LogP contribution in [0.3, 0.4) is 0 Å². The molecule has 3 aromatic carbocycles. The minimum atomic E-state index is -3.92. The second kappa shape index (κ2) is 10.8. The first-order valence-electron chi connectivity index (χ1n) is 11.4. The van der Waals surface area contributed by atoms with Crippen molar-refractivity contribution in [3.63, 3.8) is 0 Å². The Morgan fingerprint density at radius 3 is 2.49 bits per heavy atom. The largest absolute Gasteiger partial charge is 0.497 e. The first-order valence-corrected chi connectivity index (χ1v) is 12.9. The van der Waals surface area contributed by atoms with Crippen molar-refractivity contribution in [2.24, 2.45) is 0 Å². The summed E-state index contributed by atoms with van der Waals surface area (Å²) in [6, 6.07) is 21.2. The van der Waals surface area contributed by atoms with Gasteiger partial charge in [0.1, 0.15) is 5.75 Å². The Labute approximate surface area is 206 Å². The van der Waals surface area contributed by atoms with E-state index in [4.69, 9.17) is 4.74 Å². The monoisotopic (exact) mass is 494 g/mol. The van der Waals surface area contributed by atoms with E-state index in [-0.39, 0.29) is 10.8 Å². The zero-order valence-electron chi connectivity index (χ0n) is 19.9. The van der Waals surface area contributed by atoms with Crippen LogP contribution in [0.5, 0.6) is 5.75 Å². The molecule has 0 atom stereocenters. The van der Waals surface area contributed by atoms with Crippen molar-refractivity contribution in [1.29, 1.82) is 0 Å². The molecule has 0 aliphatic carbocycles. The molecule has 8 nitrogen and oxygen atoms in total. The van der Waals surface area contributed by atoms with Crippen LogP contribution in [0.15, 0.2) is 77.7 Å². The van der Waals surface area contributed by atoms with E-state index in [0.29, 0.717) is 23.5 Å². The van der Waals surface area contributed by atoms with Crippen molar-refractivity contribution in [2.45, 2.75) is 11.4 Å². The summed E-state index contributed by atoms with van der Waals surface area (Å²) in [6.07, 6.45) is 0. The maximum atomic E-state index is 13.3. The standard InChI is InChI=1S/C26H30N4O4S/c1-29(19-20-7-4-3-5-8-20)26(31)21-11-12-25(30-15-13-27-14-16-30)24(17-21)28-35(32,33)23-10-6-9-22(18-23)34-2/h3-12,17-18,27-28H,13-16,19H2,1-2H3. The maximum Gasteiger partial charge on any atom is 0.262 e. The quantitative estimate of drug-likeness (QED) is 0.500. The highest BCUT2D eigenvalue weighted by molar-refractivity contribution is 7.92. The Balaban J connectivity index is 1.66. The van der Waals surface area contributed by atoms with E-state index < -0.39 is 10.0 Å². The van der Waals surface area contributed by atoms with Gasteiger partial charge in [-0.1, -0.05) is 36.4 Å². The van der Waals surface area contributed by atoms with Crippen molar-refractivity contribution in [1.82, 2.24) is 10.2 Å². The number of amides is 1. The van der Waals surface area contributed by atoms with Gasteiger partial charge in [0.15, 0.2) is 0 Å². The second-order valence-corrected chi connectivity index (χ2v) is 10.1. The number of carbonyl (C=O) groups excluding carboxylic acids is 1. The van der Waals surface area contributed by atoms with Gasteiger partial charge in [-0.15, -0.1) is 0 Å². The number of hydrogen-bond acceptors (Lipinski definition) is 6. The van der Waals surface area contributed by atoms with Crippen LogP contribution < -0.4 is 19.7 Å². The first-order chi connectivity index (χ1) is 16.9. The average Bonchev–Trinajstić information content (AvgIpc) is 2.89. The third kappa shape index (κ3) is 5.93. The number of piperazine rings is 1. The molecular formula is C26H30N4O4S. The Bertz CT molecular complexity index is 1280. The predicted molar refractivity (Wildman–Crippen MR) is 138 cm³/mol. The molecule has 2 N–H and O–H groups in total. The summed E-state index contributed by atoms with van der Waals surface area (Å²) in [4.78, 5) is 17.0. The molecule has 0 radical (unpaired) electrons. The van der Waals surface area contributed by atoms with Crippen LogP contribution >= 0.6 is 0 Å². The van der Waals surface area contributed by atoms with Crippen LogP contribution in [0.4, 0.5) is 11.4 Å². The van der Waals surface area contributed by atoms with Gasteiger partial charge < -0.3 is 19.9 Å². The summed E-state index contributed by atoms with van der Waals surface area (Å²) in [5, 5.41) is 3.30.